The molecule has 54 valence electrons. The fourth-order valence-electron chi connectivity index (χ4n) is 0.498. The maximum Gasteiger partial charge on any atom is 0.339 e. The van der Waals surface area contributed by atoms with Gasteiger partial charge in [0.25, 0.3) is 5.56 Å². The molecule has 1 rings (SSSR count). The summed E-state index contributed by atoms with van der Waals surface area (Å²) in [5.41, 5.74) is 4.23. The molecule has 5 nitrogen and oxygen atoms in total. The van der Waals surface area contributed by atoms with Gasteiger partial charge in [-0.25, -0.2) is 4.79 Å². The molecule has 0 unspecified atom stereocenters. The zero-order chi connectivity index (χ0) is 7.72. The Kier molecular flexibility index (Phi) is 1.79. The Hall–Kier alpha value is -0.790. The van der Waals surface area contributed by atoms with E-state index >= 15 is 0 Å². The summed E-state index contributed by atoms with van der Waals surface area (Å²) < 4.78 is 0.911. The van der Waals surface area contributed by atoms with Crippen LogP contribution in [0.25, 0.3) is 0 Å². The second kappa shape index (κ2) is 2.45. The summed E-state index contributed by atoms with van der Waals surface area (Å²) in [6, 6.07) is 1.15. The SMILES string of the molecule is Nc1cc(=O)n(I)c(=O)[nH]1. The van der Waals surface area contributed by atoms with Crippen molar-refractivity contribution in [2.75, 3.05) is 5.73 Å². The van der Waals surface area contributed by atoms with Crippen LogP contribution in [0.1, 0.15) is 0 Å². The highest BCUT2D eigenvalue weighted by atomic mass is 127. The molecule has 0 saturated heterocycles. The summed E-state index contributed by atoms with van der Waals surface area (Å²) in [5, 5.41) is 0. The van der Waals surface area contributed by atoms with Crippen LogP contribution in [0.3, 0.4) is 0 Å². The van der Waals surface area contributed by atoms with Gasteiger partial charge in [0, 0.05) is 6.07 Å². The van der Waals surface area contributed by atoms with Gasteiger partial charge in [-0.15, -0.1) is 0 Å². The maximum atomic E-state index is 10.7. The molecule has 0 saturated carbocycles. The van der Waals surface area contributed by atoms with E-state index in [9.17, 15) is 9.59 Å². The van der Waals surface area contributed by atoms with Gasteiger partial charge in [-0.3, -0.25) is 9.78 Å². The van der Waals surface area contributed by atoms with Gasteiger partial charge >= 0.3 is 5.69 Å². The fourth-order valence-corrected chi connectivity index (χ4v) is 0.758. The minimum Gasteiger partial charge on any atom is -0.385 e. The Balaban J connectivity index is 3.62. The molecule has 0 bridgehead atoms. The summed E-state index contributed by atoms with van der Waals surface area (Å²) >= 11 is 1.59. The predicted octanol–water partition coefficient (Wildman–Crippen LogP) is -0.683. The van der Waals surface area contributed by atoms with Gasteiger partial charge in [0.05, 0.1) is 22.9 Å². The molecule has 0 aliphatic rings. The Labute approximate surface area is 69.4 Å². The van der Waals surface area contributed by atoms with Crippen molar-refractivity contribution >= 4 is 28.7 Å². The van der Waals surface area contributed by atoms with E-state index in [1.54, 1.807) is 22.9 Å². The molecule has 0 fully saturated rings. The van der Waals surface area contributed by atoms with Crippen LogP contribution in [-0.4, -0.2) is 7.76 Å². The van der Waals surface area contributed by atoms with Crippen molar-refractivity contribution in [2.24, 2.45) is 0 Å². The van der Waals surface area contributed by atoms with Gasteiger partial charge in [0.15, 0.2) is 0 Å². The fraction of sp³-hybridized carbons (Fsp3) is 0. The number of hydrogen-bond acceptors (Lipinski definition) is 3. The highest BCUT2D eigenvalue weighted by Gasteiger charge is 1.96. The van der Waals surface area contributed by atoms with E-state index in [4.69, 9.17) is 5.73 Å². The summed E-state index contributed by atoms with van der Waals surface area (Å²) in [7, 11) is 0. The lowest BCUT2D eigenvalue weighted by Crippen LogP contribution is -2.28. The average Bonchev–Trinajstić information content (AvgIpc) is 1.82. The molecule has 0 aliphatic carbocycles. The zero-order valence-electron chi connectivity index (χ0n) is 4.80. The molecular weight excluding hydrogens is 249 g/mol. The molecule has 0 amide bonds. The van der Waals surface area contributed by atoms with Gasteiger partial charge in [-0.05, 0) is 0 Å². The minimum absolute atomic E-state index is 0.0860. The summed E-state index contributed by atoms with van der Waals surface area (Å²) in [5.74, 6) is 0.0860. The predicted molar refractivity (Wildman–Crippen MR) is 45.2 cm³/mol. The van der Waals surface area contributed by atoms with Gasteiger partial charge in [0.1, 0.15) is 5.82 Å². The molecule has 0 spiro atoms. The lowest BCUT2D eigenvalue weighted by molar-refractivity contribution is 1.02. The number of nitrogens with two attached hydrogens (primary N) is 1. The van der Waals surface area contributed by atoms with E-state index in [2.05, 4.69) is 4.98 Å². The van der Waals surface area contributed by atoms with E-state index in [-0.39, 0.29) is 5.82 Å². The van der Waals surface area contributed by atoms with Crippen LogP contribution in [0, 0.1) is 0 Å². The van der Waals surface area contributed by atoms with Crippen molar-refractivity contribution in [1.82, 2.24) is 7.76 Å². The Morgan fingerprint density at radius 3 is 2.70 bits per heavy atom. The number of H-pyrrole nitrogens is 1. The minimum atomic E-state index is -0.509. The number of halogens is 1. The molecule has 3 N–H and O–H groups in total. The third kappa shape index (κ3) is 1.20. The molecule has 1 heterocycles. The van der Waals surface area contributed by atoms with Crippen LogP contribution < -0.4 is 17.0 Å². The third-order valence-electron chi connectivity index (χ3n) is 0.902. The summed E-state index contributed by atoms with van der Waals surface area (Å²) in [6.07, 6.45) is 0. The van der Waals surface area contributed by atoms with Crippen LogP contribution in [0.4, 0.5) is 5.82 Å². The van der Waals surface area contributed by atoms with E-state index < -0.39 is 11.2 Å². The van der Waals surface area contributed by atoms with Crippen LogP contribution in [0.15, 0.2) is 15.7 Å². The monoisotopic (exact) mass is 253 g/mol. The largest absolute Gasteiger partial charge is 0.385 e. The first-order chi connectivity index (χ1) is 4.61. The molecule has 0 aromatic carbocycles. The molecule has 0 radical (unpaired) electrons. The van der Waals surface area contributed by atoms with Crippen molar-refractivity contribution in [3.05, 3.63) is 26.9 Å². The second-order valence-electron chi connectivity index (χ2n) is 1.65. The van der Waals surface area contributed by atoms with E-state index in [0.717, 1.165) is 8.85 Å². The van der Waals surface area contributed by atoms with E-state index in [1.807, 2.05) is 0 Å². The van der Waals surface area contributed by atoms with Crippen molar-refractivity contribution < 1.29 is 0 Å². The number of rotatable bonds is 0. The maximum absolute atomic E-state index is 10.7. The van der Waals surface area contributed by atoms with Crippen molar-refractivity contribution in [3.8, 4) is 0 Å². The number of nitrogens with one attached hydrogen (secondary N) is 1. The zero-order valence-corrected chi connectivity index (χ0v) is 6.95. The lowest BCUT2D eigenvalue weighted by Gasteiger charge is -1.92. The highest BCUT2D eigenvalue weighted by molar-refractivity contribution is 14.1. The number of nitrogens with zero attached hydrogens (tertiary/aromatic N) is 1. The molecule has 10 heavy (non-hydrogen) atoms. The second-order valence-corrected chi connectivity index (χ2v) is 2.61. The number of nitrogen functional groups attached to an aromatic ring is 1. The standard InChI is InChI=1S/C4H4IN3O2/c5-8-3(9)1-2(6)7-4(8)10/h1H,6H2,(H,7,10). The molecule has 0 aliphatic heterocycles. The molecule has 0 atom stereocenters. The Bertz CT molecular complexity index is 321. The van der Waals surface area contributed by atoms with Crippen LogP contribution in [-0.2, 0) is 0 Å². The first kappa shape index (κ1) is 7.32. The normalized spacial score (nSPS) is 9.70. The number of anilines is 1. The van der Waals surface area contributed by atoms with Crippen LogP contribution in [0.5, 0.6) is 0 Å². The van der Waals surface area contributed by atoms with Crippen LogP contribution >= 0.6 is 22.9 Å². The number of hydrogen-bond donors (Lipinski definition) is 2. The van der Waals surface area contributed by atoms with Crippen molar-refractivity contribution in [2.45, 2.75) is 0 Å². The van der Waals surface area contributed by atoms with Gasteiger partial charge < -0.3 is 5.73 Å². The average molecular weight is 253 g/mol. The van der Waals surface area contributed by atoms with E-state index in [1.165, 1.54) is 0 Å². The topological polar surface area (TPSA) is 80.9 Å². The third-order valence-corrected chi connectivity index (χ3v) is 1.82. The highest BCUT2D eigenvalue weighted by Crippen LogP contribution is 1.84. The Morgan fingerprint density at radius 1 is 1.60 bits per heavy atom. The molecule has 1 aromatic heterocycles. The first-order valence-electron chi connectivity index (χ1n) is 2.39. The van der Waals surface area contributed by atoms with Gasteiger partial charge in [-0.2, -0.15) is 2.78 Å². The smallest absolute Gasteiger partial charge is 0.339 e. The quantitative estimate of drug-likeness (QED) is 0.601. The molecular formula is C4H4IN3O2. The number of aromatic nitrogens is 2. The van der Waals surface area contributed by atoms with Gasteiger partial charge in [0.2, 0.25) is 0 Å². The lowest BCUT2D eigenvalue weighted by atomic mass is 10.6. The number of aromatic amines is 1. The Morgan fingerprint density at radius 2 is 2.20 bits per heavy atom. The summed E-state index contributed by atoms with van der Waals surface area (Å²) in [4.78, 5) is 23.7. The molecule has 6 heteroatoms. The van der Waals surface area contributed by atoms with Crippen molar-refractivity contribution in [3.63, 3.8) is 0 Å². The van der Waals surface area contributed by atoms with E-state index in [0.29, 0.717) is 0 Å². The van der Waals surface area contributed by atoms with Crippen molar-refractivity contribution in [1.29, 1.82) is 0 Å². The molecule has 1 aromatic rings. The van der Waals surface area contributed by atoms with Gasteiger partial charge in [-0.1, -0.05) is 0 Å². The van der Waals surface area contributed by atoms with Crippen LogP contribution in [0.2, 0.25) is 0 Å². The first-order valence-corrected chi connectivity index (χ1v) is 3.36. The summed E-state index contributed by atoms with van der Waals surface area (Å²) in [6.45, 7) is 0.